The molecule has 6 nitrogen and oxygen atoms in total. The first-order valence-corrected chi connectivity index (χ1v) is 10.9. The van der Waals surface area contributed by atoms with Crippen molar-refractivity contribution in [1.82, 2.24) is 29.5 Å². The molecule has 0 amide bonds. The van der Waals surface area contributed by atoms with Crippen LogP contribution in [0.15, 0.2) is 24.3 Å². The fourth-order valence-electron chi connectivity index (χ4n) is 3.90. The number of rotatable bonds is 8. The lowest BCUT2D eigenvalue weighted by Gasteiger charge is -2.35. The number of likely N-dealkylation sites (tertiary alicyclic amines) is 1. The molecule has 3 rings (SSSR count). The Morgan fingerprint density at radius 2 is 1.83 bits per heavy atom. The van der Waals surface area contributed by atoms with Crippen LogP contribution in [-0.4, -0.2) is 83.3 Å². The summed E-state index contributed by atoms with van der Waals surface area (Å²) in [5, 5.41) is 4.89. The number of piperidine rings is 1. The smallest absolute Gasteiger partial charge is 0.181 e. The molecule has 160 valence electrons. The molecular formula is C23H38N6. The summed E-state index contributed by atoms with van der Waals surface area (Å²) in [6, 6.07) is 9.35. The van der Waals surface area contributed by atoms with Crippen molar-refractivity contribution in [3.63, 3.8) is 0 Å². The van der Waals surface area contributed by atoms with Crippen LogP contribution < -0.4 is 0 Å². The van der Waals surface area contributed by atoms with E-state index in [-0.39, 0.29) is 0 Å². The molecule has 0 spiro atoms. The molecule has 0 saturated carbocycles. The Balaban J connectivity index is 1.80. The summed E-state index contributed by atoms with van der Waals surface area (Å²) < 4.78 is 2.12. The van der Waals surface area contributed by atoms with Crippen LogP contribution in [0.4, 0.5) is 0 Å². The van der Waals surface area contributed by atoms with E-state index in [0.717, 1.165) is 49.9 Å². The van der Waals surface area contributed by atoms with Gasteiger partial charge in [-0.1, -0.05) is 38.1 Å². The second-order valence-electron chi connectivity index (χ2n) is 9.15. The van der Waals surface area contributed by atoms with Gasteiger partial charge in [0.15, 0.2) is 5.82 Å². The lowest BCUT2D eigenvalue weighted by atomic mass is 10.0. The molecule has 0 bridgehead atoms. The number of hydrogen-bond donors (Lipinski definition) is 0. The molecule has 0 N–H and O–H groups in total. The van der Waals surface area contributed by atoms with Gasteiger partial charge in [-0.2, -0.15) is 5.10 Å². The second-order valence-corrected chi connectivity index (χ2v) is 9.15. The van der Waals surface area contributed by atoms with Gasteiger partial charge in [0.1, 0.15) is 5.82 Å². The Bertz CT molecular complexity index is 762. The zero-order valence-electron chi connectivity index (χ0n) is 19.1. The molecule has 1 saturated heterocycles. The number of aromatic nitrogens is 3. The Kier molecular flexibility index (Phi) is 7.44. The molecule has 0 radical (unpaired) electrons. The summed E-state index contributed by atoms with van der Waals surface area (Å²) in [6.07, 6.45) is 2.53. The highest BCUT2D eigenvalue weighted by molar-refractivity contribution is 5.55. The second kappa shape index (κ2) is 9.83. The largest absolute Gasteiger partial charge is 0.308 e. The quantitative estimate of drug-likeness (QED) is 0.683. The van der Waals surface area contributed by atoms with Crippen molar-refractivity contribution >= 4 is 0 Å². The highest BCUT2D eigenvalue weighted by Gasteiger charge is 2.23. The fourth-order valence-corrected chi connectivity index (χ4v) is 3.90. The predicted molar refractivity (Wildman–Crippen MR) is 120 cm³/mol. The third-order valence-electron chi connectivity index (χ3n) is 5.92. The van der Waals surface area contributed by atoms with Crippen molar-refractivity contribution in [2.75, 3.05) is 47.8 Å². The average Bonchev–Trinajstić information content (AvgIpc) is 3.09. The molecule has 0 aliphatic carbocycles. The average molecular weight is 399 g/mol. The van der Waals surface area contributed by atoms with Crippen LogP contribution in [-0.2, 0) is 13.1 Å². The highest BCUT2D eigenvalue weighted by atomic mass is 15.4. The van der Waals surface area contributed by atoms with E-state index in [1.54, 1.807) is 0 Å². The maximum Gasteiger partial charge on any atom is 0.181 e. The highest BCUT2D eigenvalue weighted by Crippen LogP contribution is 2.22. The minimum atomic E-state index is 0.536. The molecule has 2 aromatic rings. The zero-order chi connectivity index (χ0) is 21.0. The van der Waals surface area contributed by atoms with Crippen molar-refractivity contribution in [2.45, 2.75) is 51.7 Å². The van der Waals surface area contributed by atoms with Gasteiger partial charge in [-0.05, 0) is 59.1 Å². The third kappa shape index (κ3) is 5.87. The van der Waals surface area contributed by atoms with E-state index in [1.165, 1.54) is 18.4 Å². The van der Waals surface area contributed by atoms with Crippen molar-refractivity contribution < 1.29 is 0 Å². The van der Waals surface area contributed by atoms with Crippen LogP contribution in [0.25, 0.3) is 11.4 Å². The molecular weight excluding hydrogens is 360 g/mol. The number of benzene rings is 1. The van der Waals surface area contributed by atoms with Crippen LogP contribution in [0, 0.1) is 0 Å². The van der Waals surface area contributed by atoms with Crippen LogP contribution >= 0.6 is 0 Å². The molecule has 29 heavy (non-hydrogen) atoms. The van der Waals surface area contributed by atoms with E-state index in [0.29, 0.717) is 12.0 Å². The van der Waals surface area contributed by atoms with E-state index in [9.17, 15) is 0 Å². The molecule has 2 heterocycles. The summed E-state index contributed by atoms with van der Waals surface area (Å²) >= 11 is 0. The van der Waals surface area contributed by atoms with Gasteiger partial charge in [0.2, 0.25) is 0 Å². The van der Waals surface area contributed by atoms with Crippen molar-refractivity contribution in [3.05, 3.63) is 35.7 Å². The molecule has 1 fully saturated rings. The minimum Gasteiger partial charge on any atom is -0.308 e. The van der Waals surface area contributed by atoms with Gasteiger partial charge in [0, 0.05) is 24.7 Å². The summed E-state index contributed by atoms with van der Waals surface area (Å²) in [6.45, 7) is 9.39. The van der Waals surface area contributed by atoms with Crippen molar-refractivity contribution in [3.8, 4) is 11.4 Å². The van der Waals surface area contributed by atoms with E-state index in [2.05, 4.69) is 85.7 Å². The summed E-state index contributed by atoms with van der Waals surface area (Å²) in [7, 11) is 8.59. The molecule has 1 unspecified atom stereocenters. The Morgan fingerprint density at radius 1 is 1.10 bits per heavy atom. The lowest BCUT2D eigenvalue weighted by molar-refractivity contribution is 0.124. The summed E-state index contributed by atoms with van der Waals surface area (Å²) in [4.78, 5) is 12.1. The molecule has 1 atom stereocenters. The summed E-state index contributed by atoms with van der Waals surface area (Å²) in [5.41, 5.74) is 2.45. The topological polar surface area (TPSA) is 40.4 Å². The Hall–Kier alpha value is -1.76. The maximum absolute atomic E-state index is 4.97. The Labute approximate surface area is 176 Å². The Morgan fingerprint density at radius 3 is 2.45 bits per heavy atom. The van der Waals surface area contributed by atoms with E-state index < -0.39 is 0 Å². The van der Waals surface area contributed by atoms with Gasteiger partial charge in [-0.15, -0.1) is 0 Å². The zero-order valence-corrected chi connectivity index (χ0v) is 19.1. The monoisotopic (exact) mass is 398 g/mol. The molecule has 1 aliphatic rings. The molecule has 6 heteroatoms. The number of likely N-dealkylation sites (N-methyl/N-ethyl adjacent to an activating group) is 2. The van der Waals surface area contributed by atoms with Crippen molar-refractivity contribution in [2.24, 2.45) is 0 Å². The maximum atomic E-state index is 4.97. The minimum absolute atomic E-state index is 0.536. The van der Waals surface area contributed by atoms with E-state index in [1.807, 2.05) is 0 Å². The number of hydrogen-bond acceptors (Lipinski definition) is 5. The third-order valence-corrected chi connectivity index (χ3v) is 5.92. The van der Waals surface area contributed by atoms with Gasteiger partial charge in [0.05, 0.1) is 13.1 Å². The standard InChI is InChI=1S/C23H38N6/c1-18(2)19-9-11-20(12-10-19)23-24-22(29(25-23)15-14-26(3)4)17-28-13-7-8-21(16-28)27(5)6/h9-12,18,21H,7-8,13-17H2,1-6H3. The van der Waals surface area contributed by atoms with Crippen LogP contribution in [0.1, 0.15) is 44.0 Å². The fraction of sp³-hybridized carbons (Fsp3) is 0.652. The van der Waals surface area contributed by atoms with Gasteiger partial charge in [-0.3, -0.25) is 4.90 Å². The van der Waals surface area contributed by atoms with Crippen LogP contribution in [0.3, 0.4) is 0 Å². The molecule has 1 aliphatic heterocycles. The first-order valence-electron chi connectivity index (χ1n) is 10.9. The van der Waals surface area contributed by atoms with Gasteiger partial charge in [0.25, 0.3) is 0 Å². The normalized spacial score (nSPS) is 18.3. The molecule has 1 aromatic carbocycles. The summed E-state index contributed by atoms with van der Waals surface area (Å²) in [5.74, 6) is 2.46. The first-order chi connectivity index (χ1) is 13.8. The lowest BCUT2D eigenvalue weighted by Crippen LogP contribution is -2.45. The van der Waals surface area contributed by atoms with Crippen molar-refractivity contribution in [1.29, 1.82) is 0 Å². The first kappa shape index (κ1) is 21.9. The predicted octanol–water partition coefficient (Wildman–Crippen LogP) is 3.16. The molecule has 1 aromatic heterocycles. The van der Waals surface area contributed by atoms with Gasteiger partial charge in [-0.25, -0.2) is 9.67 Å². The number of nitrogens with zero attached hydrogens (tertiary/aromatic N) is 6. The van der Waals surface area contributed by atoms with Gasteiger partial charge < -0.3 is 9.80 Å². The van der Waals surface area contributed by atoms with E-state index >= 15 is 0 Å². The van der Waals surface area contributed by atoms with Crippen LogP contribution in [0.2, 0.25) is 0 Å². The SMILES string of the molecule is CC(C)c1ccc(-c2nc(CN3CCCC(N(C)C)C3)n(CCN(C)C)n2)cc1. The van der Waals surface area contributed by atoms with Gasteiger partial charge >= 0.3 is 0 Å². The van der Waals surface area contributed by atoms with E-state index in [4.69, 9.17) is 10.1 Å². The van der Waals surface area contributed by atoms with Crippen LogP contribution in [0.5, 0.6) is 0 Å².